The van der Waals surface area contributed by atoms with E-state index in [2.05, 4.69) is 5.10 Å². The van der Waals surface area contributed by atoms with E-state index in [0.29, 0.717) is 0 Å². The summed E-state index contributed by atoms with van der Waals surface area (Å²) in [6.07, 6.45) is 1.08. The maximum atomic E-state index is 12.1. The van der Waals surface area contributed by atoms with Gasteiger partial charge in [-0.25, -0.2) is 0 Å². The number of carbonyl (C=O) groups excluding carboxylic acids is 1. The Morgan fingerprint density at radius 3 is 2.50 bits per heavy atom. The van der Waals surface area contributed by atoms with Crippen LogP contribution in [-0.4, -0.2) is 26.8 Å². The molecule has 1 heterocycles. The van der Waals surface area contributed by atoms with Crippen LogP contribution in [0.15, 0.2) is 6.07 Å². The van der Waals surface area contributed by atoms with Gasteiger partial charge in [-0.3, -0.25) is 9.48 Å². The molecule has 0 amide bonds. The minimum absolute atomic E-state index is 0.0663. The Bertz CT molecular complexity index is 394. The van der Waals surface area contributed by atoms with Crippen molar-refractivity contribution >= 4 is 5.78 Å². The normalized spacial score (nSPS) is 13.0. The van der Waals surface area contributed by atoms with Crippen LogP contribution in [0.1, 0.15) is 45.0 Å². The van der Waals surface area contributed by atoms with Crippen molar-refractivity contribution < 1.29 is 9.90 Å². The molecule has 0 saturated heterocycles. The van der Waals surface area contributed by atoms with Gasteiger partial charge in [0.1, 0.15) is 6.10 Å². The summed E-state index contributed by atoms with van der Waals surface area (Å²) in [5, 5.41) is 14.3. The van der Waals surface area contributed by atoms with Gasteiger partial charge in [0.2, 0.25) is 0 Å². The van der Waals surface area contributed by atoms with E-state index in [1.54, 1.807) is 0 Å². The van der Waals surface area contributed by atoms with Crippen molar-refractivity contribution in [3.05, 3.63) is 17.5 Å². The van der Waals surface area contributed by atoms with E-state index in [9.17, 15) is 9.90 Å². The van der Waals surface area contributed by atoms with Gasteiger partial charge in [-0.05, 0) is 25.8 Å². The fourth-order valence-corrected chi connectivity index (χ4v) is 2.30. The number of Topliss-reactive ketones (excluding diaryl/α,β-unsaturated/α-hetero) is 1. The molecule has 0 aliphatic rings. The number of hydrogen-bond donors (Lipinski definition) is 1. The van der Waals surface area contributed by atoms with Crippen LogP contribution >= 0.6 is 0 Å². The number of rotatable bonds is 7. The molecular formula is C14H24N2O2. The number of aliphatic hydroxyl groups is 1. The average molecular weight is 252 g/mol. The highest BCUT2D eigenvalue weighted by molar-refractivity contribution is 5.85. The maximum Gasteiger partial charge on any atom is 0.167 e. The first-order chi connectivity index (χ1) is 8.53. The van der Waals surface area contributed by atoms with Crippen molar-refractivity contribution in [2.24, 2.45) is 5.92 Å². The molecule has 0 aliphatic heterocycles. The molecule has 4 heteroatoms. The van der Waals surface area contributed by atoms with Crippen molar-refractivity contribution in [1.82, 2.24) is 9.78 Å². The lowest BCUT2D eigenvalue weighted by atomic mass is 9.92. The second kappa shape index (κ2) is 6.69. The SMILES string of the molecule is CCC(CC)C(O)C(=O)Cc1cc(C)nn1CC. The summed E-state index contributed by atoms with van der Waals surface area (Å²) in [4.78, 5) is 12.1. The number of aromatic nitrogens is 2. The first-order valence-corrected chi connectivity index (χ1v) is 6.77. The van der Waals surface area contributed by atoms with E-state index < -0.39 is 6.10 Å². The van der Waals surface area contributed by atoms with Crippen LogP contribution in [0.3, 0.4) is 0 Å². The quantitative estimate of drug-likeness (QED) is 0.808. The molecule has 0 saturated carbocycles. The summed E-state index contributed by atoms with van der Waals surface area (Å²) >= 11 is 0. The molecule has 0 spiro atoms. The predicted octanol–water partition coefficient (Wildman–Crippen LogP) is 2.12. The Hall–Kier alpha value is -1.16. The van der Waals surface area contributed by atoms with E-state index in [0.717, 1.165) is 30.8 Å². The summed E-state index contributed by atoms with van der Waals surface area (Å²) in [6, 6.07) is 1.92. The summed E-state index contributed by atoms with van der Waals surface area (Å²) in [5.74, 6) is -0.0325. The van der Waals surface area contributed by atoms with Crippen LogP contribution in [0.4, 0.5) is 0 Å². The minimum atomic E-state index is -0.847. The van der Waals surface area contributed by atoms with Crippen LogP contribution in [0, 0.1) is 12.8 Å². The Labute approximate surface area is 109 Å². The molecule has 1 atom stereocenters. The molecule has 1 aromatic heterocycles. The fourth-order valence-electron chi connectivity index (χ4n) is 2.30. The smallest absolute Gasteiger partial charge is 0.167 e. The summed E-state index contributed by atoms with van der Waals surface area (Å²) < 4.78 is 1.83. The monoisotopic (exact) mass is 252 g/mol. The van der Waals surface area contributed by atoms with Gasteiger partial charge in [-0.2, -0.15) is 5.10 Å². The van der Waals surface area contributed by atoms with Gasteiger partial charge in [0, 0.05) is 12.2 Å². The molecule has 0 radical (unpaired) electrons. The fraction of sp³-hybridized carbons (Fsp3) is 0.714. The lowest BCUT2D eigenvalue weighted by Gasteiger charge is -2.18. The first-order valence-electron chi connectivity index (χ1n) is 6.77. The lowest BCUT2D eigenvalue weighted by molar-refractivity contribution is -0.129. The van der Waals surface area contributed by atoms with Gasteiger partial charge in [0.15, 0.2) is 5.78 Å². The van der Waals surface area contributed by atoms with E-state index in [1.165, 1.54) is 0 Å². The molecule has 1 rings (SSSR count). The maximum absolute atomic E-state index is 12.1. The third-order valence-electron chi connectivity index (χ3n) is 3.47. The molecular weight excluding hydrogens is 228 g/mol. The molecule has 18 heavy (non-hydrogen) atoms. The number of hydrogen-bond acceptors (Lipinski definition) is 3. The highest BCUT2D eigenvalue weighted by Crippen LogP contribution is 2.16. The molecule has 1 unspecified atom stereocenters. The minimum Gasteiger partial charge on any atom is -0.385 e. The van der Waals surface area contributed by atoms with Crippen molar-refractivity contribution in [3.8, 4) is 0 Å². The Kier molecular flexibility index (Phi) is 5.54. The molecule has 0 fully saturated rings. The van der Waals surface area contributed by atoms with Gasteiger partial charge in [-0.15, -0.1) is 0 Å². The van der Waals surface area contributed by atoms with Crippen molar-refractivity contribution in [1.29, 1.82) is 0 Å². The molecule has 0 aliphatic carbocycles. The topological polar surface area (TPSA) is 55.1 Å². The summed E-state index contributed by atoms with van der Waals surface area (Å²) in [6.45, 7) is 8.67. The van der Waals surface area contributed by atoms with Gasteiger partial charge in [0.25, 0.3) is 0 Å². The molecule has 0 aromatic carbocycles. The van der Waals surface area contributed by atoms with Crippen LogP contribution in [-0.2, 0) is 17.8 Å². The highest BCUT2D eigenvalue weighted by atomic mass is 16.3. The van der Waals surface area contributed by atoms with E-state index in [-0.39, 0.29) is 18.1 Å². The van der Waals surface area contributed by atoms with Gasteiger partial charge in [0.05, 0.1) is 12.1 Å². The molecule has 1 aromatic rings. The Morgan fingerprint density at radius 2 is 2.00 bits per heavy atom. The number of aryl methyl sites for hydroxylation is 2. The highest BCUT2D eigenvalue weighted by Gasteiger charge is 2.24. The van der Waals surface area contributed by atoms with E-state index >= 15 is 0 Å². The first kappa shape index (κ1) is 14.9. The second-order valence-electron chi connectivity index (χ2n) is 4.76. The van der Waals surface area contributed by atoms with Crippen LogP contribution in [0.25, 0.3) is 0 Å². The molecule has 102 valence electrons. The molecule has 1 N–H and O–H groups in total. The number of aliphatic hydroxyl groups excluding tert-OH is 1. The molecule has 0 bridgehead atoms. The van der Waals surface area contributed by atoms with Gasteiger partial charge in [-0.1, -0.05) is 26.7 Å². The average Bonchev–Trinajstić information content (AvgIpc) is 2.70. The number of nitrogens with zero attached hydrogens (tertiary/aromatic N) is 2. The largest absolute Gasteiger partial charge is 0.385 e. The second-order valence-corrected chi connectivity index (χ2v) is 4.76. The van der Waals surface area contributed by atoms with Crippen LogP contribution < -0.4 is 0 Å². The number of ketones is 1. The van der Waals surface area contributed by atoms with Crippen molar-refractivity contribution in [2.45, 2.75) is 59.6 Å². The van der Waals surface area contributed by atoms with E-state index in [1.807, 2.05) is 38.4 Å². The van der Waals surface area contributed by atoms with Crippen molar-refractivity contribution in [3.63, 3.8) is 0 Å². The standard InChI is InChI=1S/C14H24N2O2/c1-5-11(6-2)14(18)13(17)9-12-8-10(4)15-16(12)7-3/h8,11,14,18H,5-7,9H2,1-4H3. The third kappa shape index (κ3) is 3.42. The zero-order valence-electron chi connectivity index (χ0n) is 11.8. The van der Waals surface area contributed by atoms with Crippen LogP contribution in [0.5, 0.6) is 0 Å². The van der Waals surface area contributed by atoms with E-state index in [4.69, 9.17) is 0 Å². The zero-order valence-corrected chi connectivity index (χ0v) is 11.8. The summed E-state index contributed by atoms with van der Waals surface area (Å²) in [5.41, 5.74) is 1.81. The summed E-state index contributed by atoms with van der Waals surface area (Å²) in [7, 11) is 0. The van der Waals surface area contributed by atoms with Gasteiger partial charge < -0.3 is 5.11 Å². The Balaban J connectivity index is 2.74. The zero-order chi connectivity index (χ0) is 13.7. The number of carbonyl (C=O) groups is 1. The van der Waals surface area contributed by atoms with Crippen molar-refractivity contribution in [2.75, 3.05) is 0 Å². The Morgan fingerprint density at radius 1 is 1.39 bits per heavy atom. The predicted molar refractivity (Wildman–Crippen MR) is 71.4 cm³/mol. The van der Waals surface area contributed by atoms with Gasteiger partial charge >= 0.3 is 0 Å². The molecule has 4 nitrogen and oxygen atoms in total. The van der Waals surface area contributed by atoms with Crippen LogP contribution in [0.2, 0.25) is 0 Å². The lowest BCUT2D eigenvalue weighted by Crippen LogP contribution is -2.30. The third-order valence-corrected chi connectivity index (χ3v) is 3.47.